The predicted octanol–water partition coefficient (Wildman–Crippen LogP) is 6.70. The standard InChI is InChI=1S/C36H48N4O5/c1-7-8-9-10-13-20-40(34(43)30(23-31(37)41)39-35(44)45-36(4,5)6)32(29-19-16-24(2)21-25(29)3)33(42)38-28-18-17-26-14-11-12-15-27(26)22-28/h11-12,14-19,21-22,30,32H,7-10,13,20,23H2,1-6H3,(H2,37,41)(H,38,42)(H,39,44). The van der Waals surface area contributed by atoms with Gasteiger partial charge in [0.15, 0.2) is 0 Å². The topological polar surface area (TPSA) is 131 Å². The summed E-state index contributed by atoms with van der Waals surface area (Å²) < 4.78 is 5.39. The van der Waals surface area contributed by atoms with Gasteiger partial charge in [-0.25, -0.2) is 4.79 Å². The van der Waals surface area contributed by atoms with E-state index >= 15 is 0 Å². The highest BCUT2D eigenvalue weighted by Gasteiger charge is 2.37. The molecular weight excluding hydrogens is 568 g/mol. The Labute approximate surface area is 266 Å². The smallest absolute Gasteiger partial charge is 0.408 e. The number of primary amides is 1. The first-order valence-electron chi connectivity index (χ1n) is 15.7. The van der Waals surface area contributed by atoms with Crippen molar-refractivity contribution in [3.8, 4) is 0 Å². The number of fused-ring (bicyclic) bond motifs is 1. The van der Waals surface area contributed by atoms with Crippen molar-refractivity contribution in [2.24, 2.45) is 5.73 Å². The SMILES string of the molecule is CCCCCCCN(C(=O)C(CC(N)=O)NC(=O)OC(C)(C)C)C(C(=O)Nc1ccc2ccccc2c1)c1ccc(C)cc1C. The highest BCUT2D eigenvalue weighted by atomic mass is 16.6. The fourth-order valence-electron chi connectivity index (χ4n) is 5.36. The summed E-state index contributed by atoms with van der Waals surface area (Å²) in [5.41, 5.74) is 7.80. The lowest BCUT2D eigenvalue weighted by atomic mass is 9.95. The average molecular weight is 617 g/mol. The summed E-state index contributed by atoms with van der Waals surface area (Å²) in [6, 6.07) is 16.9. The van der Waals surface area contributed by atoms with Gasteiger partial charge in [0.2, 0.25) is 11.8 Å². The van der Waals surface area contributed by atoms with Gasteiger partial charge in [-0.1, -0.05) is 86.7 Å². The molecule has 3 aromatic rings. The molecule has 0 saturated heterocycles. The monoisotopic (exact) mass is 616 g/mol. The van der Waals surface area contributed by atoms with Crippen LogP contribution < -0.4 is 16.4 Å². The number of hydrogen-bond acceptors (Lipinski definition) is 5. The molecule has 3 aromatic carbocycles. The number of anilines is 1. The number of benzene rings is 3. The maximum atomic E-state index is 14.4. The Morgan fingerprint density at radius 3 is 2.22 bits per heavy atom. The van der Waals surface area contributed by atoms with Crippen LogP contribution in [0.2, 0.25) is 0 Å². The van der Waals surface area contributed by atoms with Gasteiger partial charge in [-0.2, -0.15) is 0 Å². The summed E-state index contributed by atoms with van der Waals surface area (Å²) >= 11 is 0. The van der Waals surface area contributed by atoms with E-state index in [9.17, 15) is 19.2 Å². The molecule has 2 atom stereocenters. The zero-order valence-electron chi connectivity index (χ0n) is 27.4. The van der Waals surface area contributed by atoms with Crippen molar-refractivity contribution in [3.63, 3.8) is 0 Å². The quantitative estimate of drug-likeness (QED) is 0.173. The Morgan fingerprint density at radius 1 is 0.889 bits per heavy atom. The highest BCUT2D eigenvalue weighted by Crippen LogP contribution is 2.29. The van der Waals surface area contributed by atoms with Crippen LogP contribution in [0.5, 0.6) is 0 Å². The molecule has 0 aliphatic heterocycles. The molecule has 0 radical (unpaired) electrons. The van der Waals surface area contributed by atoms with E-state index in [1.165, 1.54) is 4.90 Å². The van der Waals surface area contributed by atoms with Gasteiger partial charge >= 0.3 is 6.09 Å². The lowest BCUT2D eigenvalue weighted by Crippen LogP contribution is -2.53. The Hall–Kier alpha value is -4.40. The van der Waals surface area contributed by atoms with E-state index in [0.717, 1.165) is 47.6 Å². The van der Waals surface area contributed by atoms with E-state index in [0.29, 0.717) is 17.7 Å². The van der Waals surface area contributed by atoms with E-state index in [1.807, 2.05) is 74.5 Å². The number of nitrogens with two attached hydrogens (primary N) is 1. The summed E-state index contributed by atoms with van der Waals surface area (Å²) in [4.78, 5) is 55.1. The van der Waals surface area contributed by atoms with Gasteiger partial charge in [-0.3, -0.25) is 14.4 Å². The van der Waals surface area contributed by atoms with Crippen LogP contribution in [0.15, 0.2) is 60.7 Å². The van der Waals surface area contributed by atoms with E-state index in [-0.39, 0.29) is 6.54 Å². The van der Waals surface area contributed by atoms with Crippen LogP contribution in [-0.2, 0) is 19.1 Å². The fourth-order valence-corrected chi connectivity index (χ4v) is 5.36. The van der Waals surface area contributed by atoms with Crippen LogP contribution in [0, 0.1) is 13.8 Å². The average Bonchev–Trinajstić information content (AvgIpc) is 2.95. The van der Waals surface area contributed by atoms with Crippen LogP contribution >= 0.6 is 0 Å². The molecule has 3 rings (SSSR count). The number of unbranched alkanes of at least 4 members (excludes halogenated alkanes) is 4. The number of nitrogens with one attached hydrogen (secondary N) is 2. The predicted molar refractivity (Wildman–Crippen MR) is 179 cm³/mol. The zero-order valence-corrected chi connectivity index (χ0v) is 27.4. The molecule has 0 fully saturated rings. The molecule has 0 saturated carbocycles. The van der Waals surface area contributed by atoms with Crippen molar-refractivity contribution in [3.05, 3.63) is 77.4 Å². The van der Waals surface area contributed by atoms with Crippen molar-refractivity contribution < 1.29 is 23.9 Å². The highest BCUT2D eigenvalue weighted by molar-refractivity contribution is 6.01. The maximum Gasteiger partial charge on any atom is 0.408 e. The number of carbonyl (C=O) groups excluding carboxylic acids is 4. The summed E-state index contributed by atoms with van der Waals surface area (Å²) in [5, 5.41) is 7.58. The fraction of sp³-hybridized carbons (Fsp3) is 0.444. The minimum atomic E-state index is -1.32. The number of carbonyl (C=O) groups is 4. The summed E-state index contributed by atoms with van der Waals surface area (Å²) in [7, 11) is 0. The Kier molecular flexibility index (Phi) is 12.5. The molecule has 242 valence electrons. The second kappa shape index (κ2) is 16.1. The maximum absolute atomic E-state index is 14.4. The van der Waals surface area contributed by atoms with Gasteiger partial charge < -0.3 is 26.0 Å². The summed E-state index contributed by atoms with van der Waals surface area (Å²) in [6.45, 7) is 11.3. The van der Waals surface area contributed by atoms with Gasteiger partial charge in [0.1, 0.15) is 17.7 Å². The molecule has 4 N–H and O–H groups in total. The Balaban J connectivity index is 2.07. The molecule has 0 heterocycles. The lowest BCUT2D eigenvalue weighted by molar-refractivity contribution is -0.142. The third-order valence-electron chi connectivity index (χ3n) is 7.48. The number of nitrogens with zero attached hydrogens (tertiary/aromatic N) is 1. The largest absolute Gasteiger partial charge is 0.444 e. The first-order valence-corrected chi connectivity index (χ1v) is 15.7. The molecule has 0 aliphatic rings. The van der Waals surface area contributed by atoms with Gasteiger partial charge in [0, 0.05) is 12.2 Å². The van der Waals surface area contributed by atoms with E-state index < -0.39 is 47.9 Å². The molecule has 0 aliphatic carbocycles. The van der Waals surface area contributed by atoms with Crippen molar-refractivity contribution in [1.29, 1.82) is 0 Å². The minimum Gasteiger partial charge on any atom is -0.444 e. The molecule has 4 amide bonds. The van der Waals surface area contributed by atoms with Gasteiger partial charge in [-0.15, -0.1) is 0 Å². The second-order valence-corrected chi connectivity index (χ2v) is 12.6. The van der Waals surface area contributed by atoms with E-state index in [2.05, 4.69) is 17.6 Å². The molecule has 2 unspecified atom stereocenters. The summed E-state index contributed by atoms with van der Waals surface area (Å²) in [5.74, 6) is -1.76. The second-order valence-electron chi connectivity index (χ2n) is 12.6. The van der Waals surface area contributed by atoms with Crippen LogP contribution in [0.1, 0.15) is 89.0 Å². The minimum absolute atomic E-state index is 0.233. The molecule has 0 aromatic heterocycles. The van der Waals surface area contributed by atoms with Gasteiger partial charge in [-0.05, 0) is 75.1 Å². The van der Waals surface area contributed by atoms with Crippen molar-refractivity contribution >= 4 is 40.3 Å². The molecule has 0 bridgehead atoms. The van der Waals surface area contributed by atoms with Crippen molar-refractivity contribution in [2.75, 3.05) is 11.9 Å². The van der Waals surface area contributed by atoms with E-state index in [4.69, 9.17) is 10.5 Å². The number of amides is 4. The van der Waals surface area contributed by atoms with E-state index in [1.54, 1.807) is 20.8 Å². The van der Waals surface area contributed by atoms with Crippen molar-refractivity contribution in [2.45, 2.75) is 97.8 Å². The number of rotatable bonds is 14. The van der Waals surface area contributed by atoms with Crippen LogP contribution in [0.4, 0.5) is 10.5 Å². The third kappa shape index (κ3) is 10.6. The zero-order chi connectivity index (χ0) is 33.1. The van der Waals surface area contributed by atoms with Crippen LogP contribution in [0.3, 0.4) is 0 Å². The molecule has 9 nitrogen and oxygen atoms in total. The number of alkyl carbamates (subject to hydrolysis) is 1. The van der Waals surface area contributed by atoms with Gasteiger partial charge in [0.25, 0.3) is 5.91 Å². The van der Waals surface area contributed by atoms with Crippen LogP contribution in [0.25, 0.3) is 10.8 Å². The molecule has 9 heteroatoms. The lowest BCUT2D eigenvalue weighted by Gasteiger charge is -2.35. The molecular formula is C36H48N4O5. The Morgan fingerprint density at radius 2 is 1.58 bits per heavy atom. The summed E-state index contributed by atoms with van der Waals surface area (Å²) in [6.07, 6.45) is 3.28. The number of aryl methyl sites for hydroxylation is 2. The molecule has 0 spiro atoms. The first kappa shape index (κ1) is 35.1. The van der Waals surface area contributed by atoms with Gasteiger partial charge in [0.05, 0.1) is 6.42 Å². The normalized spacial score (nSPS) is 12.7. The first-order chi connectivity index (χ1) is 21.3. The molecule has 45 heavy (non-hydrogen) atoms. The Bertz CT molecular complexity index is 1500. The third-order valence-corrected chi connectivity index (χ3v) is 7.48. The van der Waals surface area contributed by atoms with Crippen LogP contribution in [-0.4, -0.2) is 46.9 Å². The van der Waals surface area contributed by atoms with Crippen molar-refractivity contribution in [1.82, 2.24) is 10.2 Å². The number of hydrogen-bond donors (Lipinski definition) is 3. The number of ether oxygens (including phenoxy) is 1.